The normalized spacial score (nSPS) is 13.5. The number of urea groups is 1. The lowest BCUT2D eigenvalue weighted by Gasteiger charge is -2.19. The molecule has 0 heterocycles. The highest BCUT2D eigenvalue weighted by Gasteiger charge is 2.14. The quantitative estimate of drug-likeness (QED) is 0.690. The van der Waals surface area contributed by atoms with Gasteiger partial charge in [0.25, 0.3) is 0 Å². The van der Waals surface area contributed by atoms with Crippen molar-refractivity contribution in [1.29, 1.82) is 0 Å². The third-order valence-corrected chi connectivity index (χ3v) is 3.29. The molecule has 0 saturated heterocycles. The summed E-state index contributed by atoms with van der Waals surface area (Å²) in [5.74, 6) is 0. The number of methoxy groups -OCH3 is 1. The molecular weight excluding hydrogens is 292 g/mol. The van der Waals surface area contributed by atoms with E-state index in [0.717, 1.165) is 5.56 Å². The lowest BCUT2D eigenvalue weighted by atomic mass is 10.0. The van der Waals surface area contributed by atoms with Gasteiger partial charge in [0, 0.05) is 25.3 Å². The molecule has 0 saturated carbocycles. The smallest absolute Gasteiger partial charge is 0.315 e. The van der Waals surface area contributed by atoms with Gasteiger partial charge >= 0.3 is 6.03 Å². The maximum absolute atomic E-state index is 11.9. The molecule has 1 aromatic carbocycles. The third-order valence-electron chi connectivity index (χ3n) is 3.04. The van der Waals surface area contributed by atoms with E-state index in [0.29, 0.717) is 31.0 Å². The number of carbonyl (C=O) groups excluding carboxylic acids is 1. The average molecular weight is 315 g/mol. The van der Waals surface area contributed by atoms with Crippen molar-refractivity contribution in [3.8, 4) is 0 Å². The molecule has 0 radical (unpaired) electrons. The molecule has 1 aromatic rings. The molecule has 2 atom stereocenters. The summed E-state index contributed by atoms with van der Waals surface area (Å²) in [6, 6.07) is 6.96. The van der Waals surface area contributed by atoms with E-state index in [9.17, 15) is 4.79 Å². The molecule has 2 amide bonds. The van der Waals surface area contributed by atoms with Crippen molar-refractivity contribution in [1.82, 2.24) is 10.6 Å². The first-order valence-electron chi connectivity index (χ1n) is 6.99. The molecule has 6 heteroatoms. The van der Waals surface area contributed by atoms with Gasteiger partial charge in [-0.3, -0.25) is 0 Å². The number of aliphatic hydroxyl groups excluding tert-OH is 1. The van der Waals surface area contributed by atoms with Crippen molar-refractivity contribution in [2.75, 3.05) is 20.3 Å². The molecule has 0 bridgehead atoms. The van der Waals surface area contributed by atoms with Crippen molar-refractivity contribution >= 4 is 17.6 Å². The minimum atomic E-state index is -0.425. The first-order chi connectivity index (χ1) is 10.0. The predicted molar refractivity (Wildman–Crippen MR) is 83.5 cm³/mol. The number of aliphatic hydroxyl groups is 1. The van der Waals surface area contributed by atoms with Gasteiger partial charge < -0.3 is 20.5 Å². The Balaban J connectivity index is 2.57. The van der Waals surface area contributed by atoms with Crippen LogP contribution >= 0.6 is 11.6 Å². The van der Waals surface area contributed by atoms with Crippen LogP contribution in [0.2, 0.25) is 5.02 Å². The van der Waals surface area contributed by atoms with Crippen LogP contribution < -0.4 is 10.6 Å². The van der Waals surface area contributed by atoms with E-state index in [4.69, 9.17) is 21.4 Å². The Morgan fingerprint density at radius 2 is 2.00 bits per heavy atom. The summed E-state index contributed by atoms with van der Waals surface area (Å²) in [4.78, 5) is 11.9. The SMILES string of the molecule is COCCC(NC(=O)NCCC(C)O)c1ccc(Cl)cc1. The molecule has 0 aliphatic carbocycles. The number of hydrogen-bond donors (Lipinski definition) is 3. The average Bonchev–Trinajstić information content (AvgIpc) is 2.44. The van der Waals surface area contributed by atoms with Gasteiger partial charge in [0.1, 0.15) is 0 Å². The zero-order valence-electron chi connectivity index (χ0n) is 12.4. The number of carbonyl (C=O) groups is 1. The number of amides is 2. The van der Waals surface area contributed by atoms with Crippen LogP contribution in [-0.2, 0) is 4.74 Å². The monoisotopic (exact) mass is 314 g/mol. The number of halogens is 1. The highest BCUT2D eigenvalue weighted by molar-refractivity contribution is 6.30. The summed E-state index contributed by atoms with van der Waals surface area (Å²) in [5.41, 5.74) is 0.974. The van der Waals surface area contributed by atoms with Gasteiger partial charge in [-0.05, 0) is 37.5 Å². The highest BCUT2D eigenvalue weighted by Crippen LogP contribution is 2.19. The zero-order valence-corrected chi connectivity index (χ0v) is 13.2. The van der Waals surface area contributed by atoms with Crippen molar-refractivity contribution in [2.45, 2.75) is 31.9 Å². The summed E-state index contributed by atoms with van der Waals surface area (Å²) >= 11 is 5.88. The van der Waals surface area contributed by atoms with E-state index in [2.05, 4.69) is 10.6 Å². The minimum absolute atomic E-state index is 0.145. The van der Waals surface area contributed by atoms with Crippen LogP contribution in [0.5, 0.6) is 0 Å². The van der Waals surface area contributed by atoms with Crippen LogP contribution in [0.15, 0.2) is 24.3 Å². The van der Waals surface area contributed by atoms with Crippen molar-refractivity contribution in [3.05, 3.63) is 34.9 Å². The van der Waals surface area contributed by atoms with E-state index < -0.39 is 6.10 Å². The molecule has 21 heavy (non-hydrogen) atoms. The van der Waals surface area contributed by atoms with Gasteiger partial charge in [-0.15, -0.1) is 0 Å². The van der Waals surface area contributed by atoms with Crippen molar-refractivity contribution in [3.63, 3.8) is 0 Å². The number of ether oxygens (including phenoxy) is 1. The molecule has 3 N–H and O–H groups in total. The second-order valence-corrected chi connectivity index (χ2v) is 5.36. The van der Waals surface area contributed by atoms with Crippen LogP contribution in [0.1, 0.15) is 31.4 Å². The largest absolute Gasteiger partial charge is 0.393 e. The first-order valence-corrected chi connectivity index (χ1v) is 7.37. The Kier molecular flexibility index (Phi) is 8.12. The zero-order chi connectivity index (χ0) is 15.7. The van der Waals surface area contributed by atoms with Crippen LogP contribution in [0.25, 0.3) is 0 Å². The fourth-order valence-electron chi connectivity index (χ4n) is 1.86. The molecule has 0 spiro atoms. The van der Waals surface area contributed by atoms with Crippen LogP contribution in [-0.4, -0.2) is 37.5 Å². The van der Waals surface area contributed by atoms with Gasteiger partial charge in [-0.25, -0.2) is 4.79 Å². The summed E-state index contributed by atoms with van der Waals surface area (Å²) in [5, 5.41) is 15.5. The molecule has 0 aliphatic rings. The van der Waals surface area contributed by atoms with E-state index in [1.165, 1.54) is 0 Å². The van der Waals surface area contributed by atoms with E-state index in [-0.39, 0.29) is 12.1 Å². The Labute approximate surface area is 130 Å². The molecule has 0 fully saturated rings. The second-order valence-electron chi connectivity index (χ2n) is 4.92. The lowest BCUT2D eigenvalue weighted by Crippen LogP contribution is -2.39. The molecule has 1 rings (SSSR count). The molecule has 5 nitrogen and oxygen atoms in total. The maximum Gasteiger partial charge on any atom is 0.315 e. The summed E-state index contributed by atoms with van der Waals surface area (Å²) in [7, 11) is 1.63. The molecular formula is C15H23ClN2O3. The lowest BCUT2D eigenvalue weighted by molar-refractivity contribution is 0.178. The minimum Gasteiger partial charge on any atom is -0.393 e. The van der Waals surface area contributed by atoms with Gasteiger partial charge in [0.05, 0.1) is 12.1 Å². The third kappa shape index (κ3) is 7.32. The highest BCUT2D eigenvalue weighted by atomic mass is 35.5. The Morgan fingerprint density at radius 1 is 1.33 bits per heavy atom. The van der Waals surface area contributed by atoms with Crippen LogP contribution in [0, 0.1) is 0 Å². The maximum atomic E-state index is 11.9. The Morgan fingerprint density at radius 3 is 2.57 bits per heavy atom. The molecule has 0 aromatic heterocycles. The molecule has 0 aliphatic heterocycles. The number of rotatable bonds is 8. The van der Waals surface area contributed by atoms with E-state index in [1.807, 2.05) is 12.1 Å². The number of benzene rings is 1. The van der Waals surface area contributed by atoms with Gasteiger partial charge in [0.15, 0.2) is 0 Å². The second kappa shape index (κ2) is 9.60. The van der Waals surface area contributed by atoms with Crippen molar-refractivity contribution < 1.29 is 14.6 Å². The van der Waals surface area contributed by atoms with Gasteiger partial charge in [0.2, 0.25) is 0 Å². The topological polar surface area (TPSA) is 70.6 Å². The van der Waals surface area contributed by atoms with Gasteiger partial charge in [-0.1, -0.05) is 23.7 Å². The number of hydrogen-bond acceptors (Lipinski definition) is 3. The molecule has 118 valence electrons. The van der Waals surface area contributed by atoms with Gasteiger partial charge in [-0.2, -0.15) is 0 Å². The summed E-state index contributed by atoms with van der Waals surface area (Å²) in [6.45, 7) is 2.66. The number of nitrogens with one attached hydrogen (secondary N) is 2. The fourth-order valence-corrected chi connectivity index (χ4v) is 1.98. The summed E-state index contributed by atoms with van der Waals surface area (Å²) < 4.78 is 5.08. The van der Waals surface area contributed by atoms with Crippen LogP contribution in [0.4, 0.5) is 4.79 Å². The fraction of sp³-hybridized carbons (Fsp3) is 0.533. The Bertz CT molecular complexity index is 423. The molecule has 2 unspecified atom stereocenters. The first kappa shape index (κ1) is 17.8. The predicted octanol–water partition coefficient (Wildman–Crippen LogP) is 2.49. The summed E-state index contributed by atoms with van der Waals surface area (Å²) in [6.07, 6.45) is 0.768. The van der Waals surface area contributed by atoms with Crippen molar-refractivity contribution in [2.24, 2.45) is 0 Å². The Hall–Kier alpha value is -1.30. The van der Waals surface area contributed by atoms with E-state index in [1.54, 1.807) is 26.2 Å². The van der Waals surface area contributed by atoms with Crippen LogP contribution in [0.3, 0.4) is 0 Å². The standard InChI is InChI=1S/C15H23ClN2O3/c1-11(19)7-9-17-15(20)18-14(8-10-21-2)12-3-5-13(16)6-4-12/h3-6,11,14,19H,7-10H2,1-2H3,(H2,17,18,20). The van der Waals surface area contributed by atoms with E-state index >= 15 is 0 Å².